The Morgan fingerprint density at radius 2 is 1.74 bits per heavy atom. The summed E-state index contributed by atoms with van der Waals surface area (Å²) in [5.41, 5.74) is 4.32. The summed E-state index contributed by atoms with van der Waals surface area (Å²) in [6.07, 6.45) is 0. The van der Waals surface area contributed by atoms with Crippen LogP contribution in [0, 0.1) is 6.92 Å². The lowest BCUT2D eigenvalue weighted by molar-refractivity contribution is 0.0978. The molecule has 0 fully saturated rings. The number of nitrogens with one attached hydrogen (secondary N) is 2. The Kier molecular flexibility index (Phi) is 6.03. The van der Waals surface area contributed by atoms with Gasteiger partial charge in [-0.2, -0.15) is 0 Å². The molecule has 0 saturated heterocycles. The lowest BCUT2D eigenvalue weighted by Crippen LogP contribution is -2.34. The normalized spacial score (nSPS) is 11.0. The highest BCUT2D eigenvalue weighted by Crippen LogP contribution is 2.25. The van der Waals surface area contributed by atoms with E-state index >= 15 is 0 Å². The highest BCUT2D eigenvalue weighted by Gasteiger charge is 2.15. The molecule has 9 heteroatoms. The van der Waals surface area contributed by atoms with Gasteiger partial charge in [0, 0.05) is 15.5 Å². The van der Waals surface area contributed by atoms with Gasteiger partial charge in [-0.25, -0.2) is 0 Å². The predicted octanol–water partition coefficient (Wildman–Crippen LogP) is 6.42. The van der Waals surface area contributed by atoms with Crippen molar-refractivity contribution in [2.45, 2.75) is 6.92 Å². The summed E-state index contributed by atoms with van der Waals surface area (Å²) < 4.78 is 0.747. The maximum atomic E-state index is 12.6. The summed E-state index contributed by atoms with van der Waals surface area (Å²) in [7, 11) is 0. The first-order valence-corrected chi connectivity index (χ1v) is 11.9. The van der Waals surface area contributed by atoms with E-state index in [4.69, 9.17) is 23.8 Å². The smallest absolute Gasteiger partial charge is 0.258 e. The number of fused-ring (bicyclic) bond motifs is 2. The molecule has 0 aliphatic rings. The Morgan fingerprint density at radius 3 is 2.56 bits per heavy atom. The second-order valence-electron chi connectivity index (χ2n) is 7.68. The van der Waals surface area contributed by atoms with Crippen LogP contribution in [0.25, 0.3) is 27.5 Å². The van der Waals surface area contributed by atoms with Gasteiger partial charge in [0.2, 0.25) is 0 Å². The highest BCUT2D eigenvalue weighted by molar-refractivity contribution is 9.10. The number of hydrogen-bond acceptors (Lipinski definition) is 4. The van der Waals surface area contributed by atoms with Crippen LogP contribution >= 0.6 is 39.7 Å². The molecular weight excluding hydrogens is 534 g/mol. The summed E-state index contributed by atoms with van der Waals surface area (Å²) in [4.78, 5) is 14.3. The SMILES string of the molecule is Cc1cc2nn(-c3cccc4ccccc34)nc2cc1NC(=S)NC(=O)c1cc(Br)ccc1Cl. The van der Waals surface area contributed by atoms with Gasteiger partial charge < -0.3 is 5.32 Å². The van der Waals surface area contributed by atoms with E-state index in [2.05, 4.69) is 55.0 Å². The summed E-state index contributed by atoms with van der Waals surface area (Å²) in [5, 5.41) is 17.8. The maximum Gasteiger partial charge on any atom is 0.258 e. The number of carbonyl (C=O) groups is 1. The van der Waals surface area contributed by atoms with Gasteiger partial charge in [-0.05, 0) is 66.5 Å². The molecule has 0 aliphatic carbocycles. The lowest BCUT2D eigenvalue weighted by atomic mass is 10.1. The molecule has 1 amide bonds. The van der Waals surface area contributed by atoms with Crippen molar-refractivity contribution >= 4 is 78.3 Å². The van der Waals surface area contributed by atoms with Crippen LogP contribution in [0.15, 0.2) is 77.3 Å². The number of halogens is 2. The second-order valence-corrected chi connectivity index (χ2v) is 9.41. The number of aromatic nitrogens is 3. The van der Waals surface area contributed by atoms with Crippen LogP contribution in [-0.2, 0) is 0 Å². The van der Waals surface area contributed by atoms with Crippen LogP contribution in [0.2, 0.25) is 5.02 Å². The molecule has 4 aromatic carbocycles. The van der Waals surface area contributed by atoms with Gasteiger partial charge in [-0.3, -0.25) is 10.1 Å². The zero-order chi connectivity index (χ0) is 23.8. The van der Waals surface area contributed by atoms with Crippen molar-refractivity contribution in [3.63, 3.8) is 0 Å². The standard InChI is InChI=1S/C25H17BrClN5OS/c1-14-11-21-22(31-32(30-21)23-8-4-6-15-5-2-3-7-17(15)23)13-20(14)28-25(34)29-24(33)18-12-16(26)9-10-19(18)27/h2-13H,1H3,(H2,28,29,33,34). The number of anilines is 1. The zero-order valence-corrected chi connectivity index (χ0v) is 21.0. The Hall–Kier alpha value is -3.33. The minimum absolute atomic E-state index is 0.157. The average molecular weight is 551 g/mol. The molecule has 0 atom stereocenters. The number of aryl methyl sites for hydroxylation is 1. The molecule has 1 heterocycles. The van der Waals surface area contributed by atoms with E-state index in [0.717, 1.165) is 37.7 Å². The van der Waals surface area contributed by atoms with Crippen molar-refractivity contribution in [3.8, 4) is 5.69 Å². The summed E-state index contributed by atoms with van der Waals surface area (Å²) in [6.45, 7) is 1.94. The molecule has 0 radical (unpaired) electrons. The van der Waals surface area contributed by atoms with Crippen LogP contribution in [0.5, 0.6) is 0 Å². The Labute approximate surface area is 214 Å². The fourth-order valence-corrected chi connectivity index (χ4v) is 4.46. The fraction of sp³-hybridized carbons (Fsp3) is 0.0400. The van der Waals surface area contributed by atoms with E-state index in [1.807, 2.05) is 43.3 Å². The molecule has 0 saturated carbocycles. The van der Waals surface area contributed by atoms with E-state index in [-0.39, 0.29) is 5.11 Å². The third-order valence-electron chi connectivity index (χ3n) is 5.36. The topological polar surface area (TPSA) is 71.8 Å². The van der Waals surface area contributed by atoms with Gasteiger partial charge in [0.15, 0.2) is 5.11 Å². The Morgan fingerprint density at radius 1 is 1.00 bits per heavy atom. The first kappa shape index (κ1) is 22.5. The molecule has 34 heavy (non-hydrogen) atoms. The van der Waals surface area contributed by atoms with Gasteiger partial charge in [-0.15, -0.1) is 15.0 Å². The maximum absolute atomic E-state index is 12.6. The highest BCUT2D eigenvalue weighted by atomic mass is 79.9. The van der Waals surface area contributed by atoms with E-state index in [1.165, 1.54) is 0 Å². The quantitative estimate of drug-likeness (QED) is 0.254. The summed E-state index contributed by atoms with van der Waals surface area (Å²) in [6, 6.07) is 23.0. The summed E-state index contributed by atoms with van der Waals surface area (Å²) >= 11 is 14.9. The number of thiocarbonyl (C=S) groups is 1. The number of hydrogen-bond donors (Lipinski definition) is 2. The van der Waals surface area contributed by atoms with Gasteiger partial charge in [0.05, 0.1) is 16.3 Å². The third-order valence-corrected chi connectivity index (χ3v) is 6.38. The number of nitrogens with zero attached hydrogens (tertiary/aromatic N) is 3. The van der Waals surface area contributed by atoms with E-state index in [9.17, 15) is 4.79 Å². The third kappa shape index (κ3) is 4.40. The number of carbonyl (C=O) groups excluding carboxylic acids is 1. The molecule has 5 aromatic rings. The first-order chi connectivity index (χ1) is 16.4. The number of amides is 1. The molecule has 0 spiro atoms. The monoisotopic (exact) mass is 549 g/mol. The van der Waals surface area contributed by atoms with Gasteiger partial charge in [0.1, 0.15) is 11.0 Å². The van der Waals surface area contributed by atoms with E-state index < -0.39 is 5.91 Å². The lowest BCUT2D eigenvalue weighted by Gasteiger charge is -2.12. The largest absolute Gasteiger partial charge is 0.332 e. The molecule has 2 N–H and O–H groups in total. The molecule has 1 aromatic heterocycles. The van der Waals surface area contributed by atoms with Gasteiger partial charge in [0.25, 0.3) is 5.91 Å². The summed E-state index contributed by atoms with van der Waals surface area (Å²) in [5.74, 6) is -0.399. The van der Waals surface area contributed by atoms with Crippen molar-refractivity contribution in [2.24, 2.45) is 0 Å². The molecule has 0 aliphatic heterocycles. The second kappa shape index (κ2) is 9.13. The van der Waals surface area contributed by atoms with Crippen LogP contribution in [0.1, 0.15) is 15.9 Å². The molecular formula is C25H17BrClN5OS. The average Bonchev–Trinajstić information content (AvgIpc) is 3.22. The van der Waals surface area contributed by atoms with Crippen molar-refractivity contribution in [1.29, 1.82) is 0 Å². The van der Waals surface area contributed by atoms with Crippen LogP contribution < -0.4 is 10.6 Å². The minimum atomic E-state index is -0.399. The van der Waals surface area contributed by atoms with Crippen molar-refractivity contribution in [3.05, 3.63) is 93.4 Å². The zero-order valence-electron chi connectivity index (χ0n) is 17.8. The molecule has 6 nitrogen and oxygen atoms in total. The minimum Gasteiger partial charge on any atom is -0.332 e. The Bertz CT molecular complexity index is 1590. The van der Waals surface area contributed by atoms with Crippen molar-refractivity contribution in [1.82, 2.24) is 20.3 Å². The first-order valence-electron chi connectivity index (χ1n) is 10.3. The predicted molar refractivity (Wildman–Crippen MR) is 144 cm³/mol. The van der Waals surface area contributed by atoms with Gasteiger partial charge >= 0.3 is 0 Å². The van der Waals surface area contributed by atoms with Crippen LogP contribution in [0.4, 0.5) is 5.69 Å². The molecule has 168 valence electrons. The van der Waals surface area contributed by atoms with Gasteiger partial charge in [-0.1, -0.05) is 63.9 Å². The van der Waals surface area contributed by atoms with E-state index in [0.29, 0.717) is 16.1 Å². The molecule has 5 rings (SSSR count). The molecule has 0 bridgehead atoms. The van der Waals surface area contributed by atoms with Crippen LogP contribution in [-0.4, -0.2) is 26.0 Å². The van der Waals surface area contributed by atoms with Crippen LogP contribution in [0.3, 0.4) is 0 Å². The van der Waals surface area contributed by atoms with Crippen molar-refractivity contribution in [2.75, 3.05) is 5.32 Å². The van der Waals surface area contributed by atoms with E-state index in [1.54, 1.807) is 23.0 Å². The molecule has 0 unspecified atom stereocenters. The number of rotatable bonds is 3. The Balaban J connectivity index is 1.41. The number of benzene rings is 4. The fourth-order valence-electron chi connectivity index (χ4n) is 3.69. The van der Waals surface area contributed by atoms with Crippen molar-refractivity contribution < 1.29 is 4.79 Å².